The zero-order valence-electron chi connectivity index (χ0n) is 10.6. The summed E-state index contributed by atoms with van der Waals surface area (Å²) >= 11 is 0. The maximum absolute atomic E-state index is 13.1. The van der Waals surface area contributed by atoms with Crippen LogP contribution >= 0.6 is 0 Å². The molecule has 1 aliphatic heterocycles. The van der Waals surface area contributed by atoms with Crippen LogP contribution in [0.2, 0.25) is 0 Å². The third-order valence-electron chi connectivity index (χ3n) is 3.94. The maximum Gasteiger partial charge on any atom is 0.248 e. The summed E-state index contributed by atoms with van der Waals surface area (Å²) in [5.74, 6) is -3.35. The number of hydrogen-bond acceptors (Lipinski definition) is 2. The first kappa shape index (κ1) is 13.4. The van der Waals surface area contributed by atoms with Crippen molar-refractivity contribution in [1.29, 1.82) is 0 Å². The fraction of sp³-hybridized carbons (Fsp3) is 0.846. The first-order valence-corrected chi connectivity index (χ1v) is 6.57. The third kappa shape index (κ3) is 2.87. The predicted octanol–water partition coefficient (Wildman–Crippen LogP) is 2.39. The minimum atomic E-state index is -2.68. The van der Waals surface area contributed by atoms with Gasteiger partial charge in [-0.3, -0.25) is 9.59 Å². The minimum absolute atomic E-state index is 0.0523. The van der Waals surface area contributed by atoms with Crippen molar-refractivity contribution in [2.75, 3.05) is 6.54 Å². The molecule has 5 heteroatoms. The summed E-state index contributed by atoms with van der Waals surface area (Å²) in [7, 11) is 0. The van der Waals surface area contributed by atoms with Crippen LogP contribution in [-0.2, 0) is 9.59 Å². The maximum atomic E-state index is 13.1. The quantitative estimate of drug-likeness (QED) is 0.780. The van der Waals surface area contributed by atoms with Gasteiger partial charge in [-0.15, -0.1) is 0 Å². The fourth-order valence-corrected chi connectivity index (χ4v) is 3.07. The number of Topliss-reactive ketones (excluding diaryl/α,β-unsaturated/α-hetero) is 1. The van der Waals surface area contributed by atoms with Crippen LogP contribution in [-0.4, -0.2) is 35.1 Å². The summed E-state index contributed by atoms with van der Waals surface area (Å²) in [6.45, 7) is 2.11. The summed E-state index contributed by atoms with van der Waals surface area (Å²) in [5, 5.41) is 0. The number of likely N-dealkylation sites (tertiary alicyclic amines) is 1. The van der Waals surface area contributed by atoms with Crippen molar-refractivity contribution < 1.29 is 18.4 Å². The summed E-state index contributed by atoms with van der Waals surface area (Å²) in [6, 6.07) is -0.0655. The molecule has 0 aromatic rings. The Morgan fingerprint density at radius 3 is 2.61 bits per heavy atom. The van der Waals surface area contributed by atoms with Gasteiger partial charge in [0.1, 0.15) is 5.78 Å². The van der Waals surface area contributed by atoms with Gasteiger partial charge in [-0.2, -0.15) is 0 Å². The molecule has 3 nitrogen and oxygen atoms in total. The van der Waals surface area contributed by atoms with Gasteiger partial charge in [-0.1, -0.05) is 0 Å². The van der Waals surface area contributed by atoms with Crippen molar-refractivity contribution in [1.82, 2.24) is 4.90 Å². The number of alkyl halides is 2. The van der Waals surface area contributed by atoms with Crippen LogP contribution in [0.4, 0.5) is 8.78 Å². The second kappa shape index (κ2) is 4.94. The van der Waals surface area contributed by atoms with E-state index in [0.29, 0.717) is 13.0 Å². The van der Waals surface area contributed by atoms with Crippen LogP contribution < -0.4 is 0 Å². The number of ketones is 1. The van der Waals surface area contributed by atoms with E-state index in [4.69, 9.17) is 0 Å². The number of halogens is 2. The highest BCUT2D eigenvalue weighted by Crippen LogP contribution is 2.40. The Labute approximate surface area is 106 Å². The van der Waals surface area contributed by atoms with Crippen LogP contribution in [0, 0.1) is 5.92 Å². The Morgan fingerprint density at radius 1 is 1.33 bits per heavy atom. The lowest BCUT2D eigenvalue weighted by Crippen LogP contribution is -2.40. The van der Waals surface area contributed by atoms with Crippen LogP contribution in [0.5, 0.6) is 0 Å². The highest BCUT2D eigenvalue weighted by molar-refractivity contribution is 5.81. The summed E-state index contributed by atoms with van der Waals surface area (Å²) in [5.41, 5.74) is 0. The van der Waals surface area contributed by atoms with E-state index in [-0.39, 0.29) is 37.0 Å². The SMILES string of the molecule is CC(=O)CC1CCCN1C(=O)C1CCC(F)(F)C1. The zero-order chi connectivity index (χ0) is 13.3. The zero-order valence-corrected chi connectivity index (χ0v) is 10.6. The predicted molar refractivity (Wildman–Crippen MR) is 62.3 cm³/mol. The van der Waals surface area contributed by atoms with Crippen molar-refractivity contribution >= 4 is 11.7 Å². The molecule has 0 aromatic heterocycles. The molecule has 2 atom stereocenters. The average Bonchev–Trinajstić information content (AvgIpc) is 2.83. The first-order valence-electron chi connectivity index (χ1n) is 6.57. The van der Waals surface area contributed by atoms with Gasteiger partial charge in [0.2, 0.25) is 11.8 Å². The lowest BCUT2D eigenvalue weighted by atomic mass is 10.0. The smallest absolute Gasteiger partial charge is 0.248 e. The molecule has 0 aromatic carbocycles. The molecule has 2 fully saturated rings. The number of amides is 1. The first-order chi connectivity index (χ1) is 8.39. The van der Waals surface area contributed by atoms with Crippen molar-refractivity contribution in [2.24, 2.45) is 5.92 Å². The molecule has 1 heterocycles. The Bertz CT molecular complexity index is 357. The van der Waals surface area contributed by atoms with Crippen LogP contribution in [0.25, 0.3) is 0 Å². The topological polar surface area (TPSA) is 37.4 Å². The lowest BCUT2D eigenvalue weighted by molar-refractivity contribution is -0.137. The third-order valence-corrected chi connectivity index (χ3v) is 3.94. The van der Waals surface area contributed by atoms with E-state index < -0.39 is 11.8 Å². The lowest BCUT2D eigenvalue weighted by Gasteiger charge is -2.26. The monoisotopic (exact) mass is 259 g/mol. The van der Waals surface area contributed by atoms with Crippen LogP contribution in [0.1, 0.15) is 45.4 Å². The molecule has 1 saturated carbocycles. The van der Waals surface area contributed by atoms with Gasteiger partial charge in [0.05, 0.1) is 0 Å². The van der Waals surface area contributed by atoms with E-state index in [1.54, 1.807) is 4.90 Å². The Morgan fingerprint density at radius 2 is 2.06 bits per heavy atom. The normalized spacial score (nSPS) is 30.7. The molecule has 1 saturated heterocycles. The molecule has 102 valence electrons. The molecule has 2 unspecified atom stereocenters. The van der Waals surface area contributed by atoms with Crippen molar-refractivity contribution in [3.05, 3.63) is 0 Å². The van der Waals surface area contributed by atoms with E-state index in [1.807, 2.05) is 0 Å². The van der Waals surface area contributed by atoms with Gasteiger partial charge in [-0.25, -0.2) is 8.78 Å². The molecule has 0 spiro atoms. The van der Waals surface area contributed by atoms with Crippen molar-refractivity contribution in [3.8, 4) is 0 Å². The summed E-state index contributed by atoms with van der Waals surface area (Å²) < 4.78 is 26.2. The fourth-order valence-electron chi connectivity index (χ4n) is 3.07. The molecule has 2 rings (SSSR count). The Hall–Kier alpha value is -1.00. The number of rotatable bonds is 3. The van der Waals surface area contributed by atoms with Crippen LogP contribution in [0.3, 0.4) is 0 Å². The number of carbonyl (C=O) groups is 2. The van der Waals surface area contributed by atoms with Gasteiger partial charge < -0.3 is 4.90 Å². The standard InChI is InChI=1S/C13H19F2NO2/c1-9(17)7-11-3-2-6-16(11)12(18)10-4-5-13(14,15)8-10/h10-11H,2-8H2,1H3. The highest BCUT2D eigenvalue weighted by Gasteiger charge is 2.45. The molecule has 1 amide bonds. The minimum Gasteiger partial charge on any atom is -0.339 e. The van der Waals surface area contributed by atoms with Gasteiger partial charge in [0.15, 0.2) is 0 Å². The number of nitrogens with zero attached hydrogens (tertiary/aromatic N) is 1. The molecular formula is C13H19F2NO2. The molecule has 0 radical (unpaired) electrons. The molecular weight excluding hydrogens is 240 g/mol. The second-order valence-electron chi connectivity index (χ2n) is 5.53. The Kier molecular flexibility index (Phi) is 3.69. The molecule has 18 heavy (non-hydrogen) atoms. The van der Waals surface area contributed by atoms with Gasteiger partial charge in [0.25, 0.3) is 0 Å². The molecule has 2 aliphatic rings. The summed E-state index contributed by atoms with van der Waals surface area (Å²) in [4.78, 5) is 25.0. The molecule has 1 aliphatic carbocycles. The highest BCUT2D eigenvalue weighted by atomic mass is 19.3. The van der Waals surface area contributed by atoms with E-state index in [0.717, 1.165) is 12.8 Å². The van der Waals surface area contributed by atoms with Crippen molar-refractivity contribution in [2.45, 2.75) is 57.4 Å². The largest absolute Gasteiger partial charge is 0.339 e. The Balaban J connectivity index is 1.98. The van der Waals surface area contributed by atoms with E-state index >= 15 is 0 Å². The summed E-state index contributed by atoms with van der Waals surface area (Å²) in [6.07, 6.45) is 1.80. The van der Waals surface area contributed by atoms with Gasteiger partial charge >= 0.3 is 0 Å². The number of hydrogen-bond donors (Lipinski definition) is 0. The van der Waals surface area contributed by atoms with Crippen LogP contribution in [0.15, 0.2) is 0 Å². The average molecular weight is 259 g/mol. The number of carbonyl (C=O) groups excluding carboxylic acids is 2. The van der Waals surface area contributed by atoms with Gasteiger partial charge in [-0.05, 0) is 26.2 Å². The van der Waals surface area contributed by atoms with Gasteiger partial charge in [0, 0.05) is 37.8 Å². The van der Waals surface area contributed by atoms with Crippen molar-refractivity contribution in [3.63, 3.8) is 0 Å². The second-order valence-corrected chi connectivity index (χ2v) is 5.53. The van der Waals surface area contributed by atoms with E-state index in [1.165, 1.54) is 6.92 Å². The molecule has 0 N–H and O–H groups in total. The molecule has 0 bridgehead atoms. The van der Waals surface area contributed by atoms with E-state index in [9.17, 15) is 18.4 Å². The van der Waals surface area contributed by atoms with E-state index in [2.05, 4.69) is 0 Å².